The number of ether oxygens (including phenoxy) is 2. The monoisotopic (exact) mass is 464 g/mol. The van der Waals surface area contributed by atoms with Gasteiger partial charge < -0.3 is 14.8 Å². The molecule has 0 bridgehead atoms. The van der Waals surface area contributed by atoms with Crippen LogP contribution in [-0.2, 0) is 19.7 Å². The minimum atomic E-state index is 0.458. The molecule has 174 valence electrons. The Morgan fingerprint density at radius 3 is 2.21 bits per heavy atom. The van der Waals surface area contributed by atoms with Crippen LogP contribution >= 0.6 is 11.6 Å². The van der Waals surface area contributed by atoms with Gasteiger partial charge in [-0.1, -0.05) is 72.3 Å². The van der Waals surface area contributed by atoms with Gasteiger partial charge in [-0.3, -0.25) is 4.90 Å². The zero-order chi connectivity index (χ0) is 22.9. The molecule has 0 saturated carbocycles. The largest absolute Gasteiger partial charge is 0.490 e. The molecule has 1 saturated heterocycles. The van der Waals surface area contributed by atoms with Crippen molar-refractivity contribution in [2.24, 2.45) is 0 Å². The van der Waals surface area contributed by atoms with E-state index in [1.165, 1.54) is 5.56 Å². The zero-order valence-electron chi connectivity index (χ0n) is 19.3. The van der Waals surface area contributed by atoms with Crippen LogP contribution in [-0.4, -0.2) is 30.6 Å². The molecule has 1 heterocycles. The average Bonchev–Trinajstić information content (AvgIpc) is 2.85. The number of nitrogens with one attached hydrogen (secondary N) is 1. The fraction of sp³-hybridized carbons (Fsp3) is 0.357. The van der Waals surface area contributed by atoms with Crippen molar-refractivity contribution in [2.75, 3.05) is 19.7 Å². The quantitative estimate of drug-likeness (QED) is 0.394. The Kier molecular flexibility index (Phi) is 8.65. The number of halogens is 1. The second-order valence-corrected chi connectivity index (χ2v) is 8.94. The van der Waals surface area contributed by atoms with Crippen molar-refractivity contribution in [2.45, 2.75) is 45.5 Å². The number of rotatable bonds is 10. The maximum absolute atomic E-state index is 6.61. The lowest BCUT2D eigenvalue weighted by Crippen LogP contribution is -2.41. The predicted molar refractivity (Wildman–Crippen MR) is 135 cm³/mol. The molecule has 0 spiro atoms. The van der Waals surface area contributed by atoms with Gasteiger partial charge in [0, 0.05) is 19.1 Å². The molecule has 0 aliphatic carbocycles. The molecule has 5 heteroatoms. The van der Waals surface area contributed by atoms with Gasteiger partial charge in [-0.15, -0.1) is 0 Å². The summed E-state index contributed by atoms with van der Waals surface area (Å²) in [5.74, 6) is 1.32. The van der Waals surface area contributed by atoms with Gasteiger partial charge in [0.1, 0.15) is 6.61 Å². The van der Waals surface area contributed by atoms with E-state index in [9.17, 15) is 0 Å². The van der Waals surface area contributed by atoms with E-state index < -0.39 is 0 Å². The van der Waals surface area contributed by atoms with Crippen LogP contribution in [0.2, 0.25) is 5.02 Å². The Morgan fingerprint density at radius 1 is 0.879 bits per heavy atom. The molecule has 4 rings (SSSR count). The van der Waals surface area contributed by atoms with Crippen molar-refractivity contribution in [1.82, 2.24) is 10.2 Å². The van der Waals surface area contributed by atoms with Crippen molar-refractivity contribution >= 4 is 11.6 Å². The van der Waals surface area contributed by atoms with Gasteiger partial charge in [0.15, 0.2) is 11.5 Å². The minimum Gasteiger partial charge on any atom is -0.490 e. The highest BCUT2D eigenvalue weighted by Crippen LogP contribution is 2.37. The van der Waals surface area contributed by atoms with E-state index in [2.05, 4.69) is 40.5 Å². The summed E-state index contributed by atoms with van der Waals surface area (Å²) < 4.78 is 11.9. The molecule has 1 fully saturated rings. The third-order valence-corrected chi connectivity index (χ3v) is 6.31. The molecule has 0 radical (unpaired) electrons. The number of hydrogen-bond acceptors (Lipinski definition) is 4. The predicted octanol–water partition coefficient (Wildman–Crippen LogP) is 6.07. The van der Waals surface area contributed by atoms with Gasteiger partial charge in [0.2, 0.25) is 0 Å². The Hall–Kier alpha value is -2.53. The van der Waals surface area contributed by atoms with Gasteiger partial charge in [0.25, 0.3) is 0 Å². The third kappa shape index (κ3) is 6.97. The van der Waals surface area contributed by atoms with E-state index in [0.717, 1.165) is 50.1 Å². The number of piperidine rings is 1. The summed E-state index contributed by atoms with van der Waals surface area (Å²) in [7, 11) is 0. The topological polar surface area (TPSA) is 33.7 Å². The molecule has 0 atom stereocenters. The summed E-state index contributed by atoms with van der Waals surface area (Å²) in [6, 6.07) is 25.4. The van der Waals surface area contributed by atoms with Crippen LogP contribution in [0.15, 0.2) is 72.8 Å². The Balaban J connectivity index is 1.30. The van der Waals surface area contributed by atoms with E-state index in [1.54, 1.807) is 0 Å². The van der Waals surface area contributed by atoms with Crippen molar-refractivity contribution in [3.8, 4) is 11.5 Å². The van der Waals surface area contributed by atoms with Crippen molar-refractivity contribution < 1.29 is 9.47 Å². The minimum absolute atomic E-state index is 0.458. The smallest absolute Gasteiger partial charge is 0.180 e. The number of likely N-dealkylation sites (tertiary alicyclic amines) is 1. The van der Waals surface area contributed by atoms with Crippen LogP contribution in [0.25, 0.3) is 0 Å². The lowest BCUT2D eigenvalue weighted by molar-refractivity contribution is 0.190. The standard InChI is InChI=1S/C28H33ClN2O2/c1-2-32-27-18-24(17-26(29)28(27)33-21-23-11-7-4-8-12-23)19-30-25-13-15-31(16-14-25)20-22-9-5-3-6-10-22/h3-12,17-18,25,30H,2,13-16,19-21H2,1H3. The van der Waals surface area contributed by atoms with Gasteiger partial charge in [-0.05, 0) is 61.7 Å². The fourth-order valence-corrected chi connectivity index (χ4v) is 4.54. The van der Waals surface area contributed by atoms with Crippen LogP contribution in [0.1, 0.15) is 36.5 Å². The number of benzene rings is 3. The highest BCUT2D eigenvalue weighted by atomic mass is 35.5. The molecule has 1 N–H and O–H groups in total. The average molecular weight is 465 g/mol. The van der Waals surface area contributed by atoms with E-state index in [1.807, 2.05) is 49.4 Å². The summed E-state index contributed by atoms with van der Waals surface area (Å²) in [6.45, 7) is 7.03. The maximum Gasteiger partial charge on any atom is 0.180 e. The van der Waals surface area contributed by atoms with Crippen molar-refractivity contribution in [3.05, 3.63) is 94.5 Å². The zero-order valence-corrected chi connectivity index (χ0v) is 20.1. The molecular weight excluding hydrogens is 432 g/mol. The molecule has 33 heavy (non-hydrogen) atoms. The van der Waals surface area contributed by atoms with E-state index >= 15 is 0 Å². The molecule has 3 aromatic carbocycles. The normalized spacial score (nSPS) is 14.8. The van der Waals surface area contributed by atoms with Gasteiger partial charge in [0.05, 0.1) is 11.6 Å². The first-order valence-electron chi connectivity index (χ1n) is 11.8. The lowest BCUT2D eigenvalue weighted by Gasteiger charge is -2.32. The Bertz CT molecular complexity index is 990. The van der Waals surface area contributed by atoms with Gasteiger partial charge in [-0.25, -0.2) is 0 Å². The fourth-order valence-electron chi connectivity index (χ4n) is 4.26. The van der Waals surface area contributed by atoms with Crippen LogP contribution in [0.5, 0.6) is 11.5 Å². The first-order valence-corrected chi connectivity index (χ1v) is 12.2. The molecule has 3 aromatic rings. The van der Waals surface area contributed by atoms with E-state index in [-0.39, 0.29) is 0 Å². The van der Waals surface area contributed by atoms with Crippen LogP contribution in [0.4, 0.5) is 0 Å². The lowest BCUT2D eigenvalue weighted by atomic mass is 10.0. The molecule has 0 aromatic heterocycles. The number of hydrogen-bond donors (Lipinski definition) is 1. The molecule has 1 aliphatic heterocycles. The highest BCUT2D eigenvalue weighted by Gasteiger charge is 2.19. The molecule has 0 unspecified atom stereocenters. The summed E-state index contributed by atoms with van der Waals surface area (Å²) in [6.07, 6.45) is 2.30. The maximum atomic E-state index is 6.61. The summed E-state index contributed by atoms with van der Waals surface area (Å²) in [5, 5.41) is 4.30. The van der Waals surface area contributed by atoms with Crippen LogP contribution < -0.4 is 14.8 Å². The Labute approximate surface area is 202 Å². The summed E-state index contributed by atoms with van der Waals surface area (Å²) in [4.78, 5) is 2.54. The van der Waals surface area contributed by atoms with Crippen molar-refractivity contribution in [3.63, 3.8) is 0 Å². The van der Waals surface area contributed by atoms with Gasteiger partial charge >= 0.3 is 0 Å². The van der Waals surface area contributed by atoms with Crippen LogP contribution in [0.3, 0.4) is 0 Å². The summed E-state index contributed by atoms with van der Waals surface area (Å²) >= 11 is 6.61. The second-order valence-electron chi connectivity index (χ2n) is 8.53. The molecule has 0 amide bonds. The Morgan fingerprint density at radius 2 is 1.55 bits per heavy atom. The first kappa shape index (κ1) is 23.6. The molecular formula is C28H33ClN2O2. The van der Waals surface area contributed by atoms with Gasteiger partial charge in [-0.2, -0.15) is 0 Å². The molecule has 4 nitrogen and oxygen atoms in total. The summed E-state index contributed by atoms with van der Waals surface area (Å²) in [5.41, 5.74) is 3.60. The molecule has 1 aliphatic rings. The first-order chi connectivity index (χ1) is 16.2. The van der Waals surface area contributed by atoms with Crippen molar-refractivity contribution in [1.29, 1.82) is 0 Å². The second kappa shape index (κ2) is 12.1. The van der Waals surface area contributed by atoms with E-state index in [0.29, 0.717) is 35.8 Å². The number of nitrogens with zero attached hydrogens (tertiary/aromatic N) is 1. The third-order valence-electron chi connectivity index (χ3n) is 6.03. The van der Waals surface area contributed by atoms with Crippen LogP contribution in [0, 0.1) is 0 Å². The SMILES string of the molecule is CCOc1cc(CNC2CCN(Cc3ccccc3)CC2)cc(Cl)c1OCc1ccccc1. The van der Waals surface area contributed by atoms with E-state index in [4.69, 9.17) is 21.1 Å². The highest BCUT2D eigenvalue weighted by molar-refractivity contribution is 6.32.